The first-order valence-corrected chi connectivity index (χ1v) is 6.97. The minimum absolute atomic E-state index is 0.0568. The van der Waals surface area contributed by atoms with Gasteiger partial charge in [-0.1, -0.05) is 31.7 Å². The highest BCUT2D eigenvalue weighted by molar-refractivity contribution is 7.99. The molecule has 2 rings (SSSR count). The number of aromatic nitrogens is 2. The van der Waals surface area contributed by atoms with Crippen LogP contribution in [-0.4, -0.2) is 27.6 Å². The van der Waals surface area contributed by atoms with Gasteiger partial charge in [0.2, 0.25) is 5.91 Å². The number of carbonyl (C=O) groups excluding carboxylic acids is 1. The lowest BCUT2D eigenvalue weighted by atomic mass is 10.2. The van der Waals surface area contributed by atoms with Crippen molar-refractivity contribution in [1.82, 2.24) is 14.7 Å². The Labute approximate surface area is 111 Å². The first-order valence-electron chi connectivity index (χ1n) is 5.98. The Balaban J connectivity index is 1.92. The van der Waals surface area contributed by atoms with E-state index < -0.39 is 0 Å². The van der Waals surface area contributed by atoms with E-state index in [-0.39, 0.29) is 5.91 Å². The Kier molecular flexibility index (Phi) is 4.25. The number of imidazole rings is 1. The second kappa shape index (κ2) is 5.91. The fourth-order valence-corrected chi connectivity index (χ4v) is 2.32. The summed E-state index contributed by atoms with van der Waals surface area (Å²) >= 11 is 1.46. The fourth-order valence-electron chi connectivity index (χ4n) is 1.53. The smallest absolute Gasteiger partial charge is 0.230 e. The predicted octanol–water partition coefficient (Wildman–Crippen LogP) is 2.20. The third-order valence-corrected chi connectivity index (χ3v) is 3.41. The molecule has 0 aliphatic heterocycles. The molecule has 5 heteroatoms. The number of nitrogens with zero attached hydrogens (tertiary/aromatic N) is 2. The van der Waals surface area contributed by atoms with E-state index in [1.165, 1.54) is 11.8 Å². The van der Waals surface area contributed by atoms with Crippen LogP contribution < -0.4 is 5.32 Å². The summed E-state index contributed by atoms with van der Waals surface area (Å²) in [4.78, 5) is 15.9. The molecule has 2 heterocycles. The van der Waals surface area contributed by atoms with Crippen molar-refractivity contribution in [2.24, 2.45) is 5.92 Å². The van der Waals surface area contributed by atoms with Crippen LogP contribution in [0.25, 0.3) is 5.52 Å². The van der Waals surface area contributed by atoms with Crippen LogP contribution in [-0.2, 0) is 4.79 Å². The highest BCUT2D eigenvalue weighted by Gasteiger charge is 2.07. The molecule has 0 fully saturated rings. The normalized spacial score (nSPS) is 11.1. The molecule has 0 spiro atoms. The molecule has 1 amide bonds. The van der Waals surface area contributed by atoms with Gasteiger partial charge in [-0.2, -0.15) is 0 Å². The number of thioether (sulfide) groups is 1. The zero-order chi connectivity index (χ0) is 13.0. The minimum Gasteiger partial charge on any atom is -0.355 e. The van der Waals surface area contributed by atoms with Gasteiger partial charge in [0.25, 0.3) is 0 Å². The molecule has 0 saturated carbocycles. The van der Waals surface area contributed by atoms with Crippen LogP contribution in [0.2, 0.25) is 0 Å². The maximum Gasteiger partial charge on any atom is 0.230 e. The van der Waals surface area contributed by atoms with Crippen LogP contribution in [0, 0.1) is 5.92 Å². The molecule has 0 aliphatic carbocycles. The average molecular weight is 263 g/mol. The molecule has 1 N–H and O–H groups in total. The van der Waals surface area contributed by atoms with Gasteiger partial charge in [-0.15, -0.1) is 0 Å². The van der Waals surface area contributed by atoms with Crippen LogP contribution in [0.15, 0.2) is 35.7 Å². The van der Waals surface area contributed by atoms with Crippen molar-refractivity contribution >= 4 is 23.2 Å². The number of amides is 1. The Morgan fingerprint density at radius 2 is 2.33 bits per heavy atom. The molecule has 0 atom stereocenters. The van der Waals surface area contributed by atoms with Gasteiger partial charge in [0.15, 0.2) is 5.16 Å². The third-order valence-electron chi connectivity index (χ3n) is 2.44. The van der Waals surface area contributed by atoms with Crippen molar-refractivity contribution in [2.45, 2.75) is 19.0 Å². The number of rotatable bonds is 5. The fraction of sp³-hybridized carbons (Fsp3) is 0.385. The molecular weight excluding hydrogens is 246 g/mol. The molecule has 96 valence electrons. The van der Waals surface area contributed by atoms with E-state index in [1.807, 2.05) is 35.0 Å². The highest BCUT2D eigenvalue weighted by atomic mass is 32.2. The summed E-state index contributed by atoms with van der Waals surface area (Å²) in [7, 11) is 0. The second-order valence-electron chi connectivity index (χ2n) is 4.52. The van der Waals surface area contributed by atoms with Crippen LogP contribution in [0.4, 0.5) is 0 Å². The Bertz CT molecular complexity index is 536. The van der Waals surface area contributed by atoms with Crippen molar-refractivity contribution in [3.8, 4) is 0 Å². The molecule has 0 aliphatic rings. The number of hydrogen-bond acceptors (Lipinski definition) is 3. The lowest BCUT2D eigenvalue weighted by molar-refractivity contribution is -0.118. The van der Waals surface area contributed by atoms with Crippen molar-refractivity contribution in [3.63, 3.8) is 0 Å². The number of carbonyl (C=O) groups is 1. The molecule has 0 bridgehead atoms. The number of nitrogens with one attached hydrogen (secondary N) is 1. The summed E-state index contributed by atoms with van der Waals surface area (Å²) in [5.41, 5.74) is 1.04. The molecule has 0 saturated heterocycles. The summed E-state index contributed by atoms with van der Waals surface area (Å²) < 4.78 is 1.99. The zero-order valence-corrected chi connectivity index (χ0v) is 11.4. The largest absolute Gasteiger partial charge is 0.355 e. The maximum atomic E-state index is 11.6. The van der Waals surface area contributed by atoms with E-state index >= 15 is 0 Å². The number of fused-ring (bicyclic) bond motifs is 1. The Morgan fingerprint density at radius 1 is 1.50 bits per heavy atom. The van der Waals surface area contributed by atoms with Gasteiger partial charge < -0.3 is 5.32 Å². The van der Waals surface area contributed by atoms with Crippen LogP contribution in [0.1, 0.15) is 13.8 Å². The quantitative estimate of drug-likeness (QED) is 0.841. The molecule has 0 aromatic carbocycles. The number of pyridine rings is 1. The van der Waals surface area contributed by atoms with Gasteiger partial charge in [0.05, 0.1) is 17.5 Å². The summed E-state index contributed by atoms with van der Waals surface area (Å²) in [6.07, 6.45) is 3.77. The van der Waals surface area contributed by atoms with Gasteiger partial charge in [-0.25, -0.2) is 4.98 Å². The molecule has 4 nitrogen and oxygen atoms in total. The van der Waals surface area contributed by atoms with E-state index in [2.05, 4.69) is 24.1 Å². The lowest BCUT2D eigenvalue weighted by Gasteiger charge is -2.06. The first kappa shape index (κ1) is 13.0. The lowest BCUT2D eigenvalue weighted by Crippen LogP contribution is -2.28. The van der Waals surface area contributed by atoms with E-state index in [4.69, 9.17) is 0 Å². The van der Waals surface area contributed by atoms with Crippen molar-refractivity contribution in [2.75, 3.05) is 12.3 Å². The summed E-state index contributed by atoms with van der Waals surface area (Å²) in [6.45, 7) is 4.88. The van der Waals surface area contributed by atoms with Gasteiger partial charge in [0.1, 0.15) is 0 Å². The van der Waals surface area contributed by atoms with Gasteiger partial charge >= 0.3 is 0 Å². The van der Waals surface area contributed by atoms with E-state index in [0.717, 1.165) is 17.2 Å². The molecule has 0 unspecified atom stereocenters. The van der Waals surface area contributed by atoms with Crippen LogP contribution in [0.5, 0.6) is 0 Å². The topological polar surface area (TPSA) is 46.4 Å². The third kappa shape index (κ3) is 3.26. The Morgan fingerprint density at radius 3 is 3.11 bits per heavy atom. The monoisotopic (exact) mass is 263 g/mol. The van der Waals surface area contributed by atoms with E-state index in [9.17, 15) is 4.79 Å². The average Bonchev–Trinajstić information content (AvgIpc) is 2.77. The number of hydrogen-bond donors (Lipinski definition) is 1. The molecule has 2 aromatic heterocycles. The second-order valence-corrected chi connectivity index (χ2v) is 5.47. The van der Waals surface area contributed by atoms with Crippen molar-refractivity contribution < 1.29 is 4.79 Å². The van der Waals surface area contributed by atoms with Crippen LogP contribution in [0.3, 0.4) is 0 Å². The molecular formula is C13H17N3OS. The summed E-state index contributed by atoms with van der Waals surface area (Å²) in [6, 6.07) is 5.92. The van der Waals surface area contributed by atoms with E-state index in [1.54, 1.807) is 0 Å². The van der Waals surface area contributed by atoms with Gasteiger partial charge in [0, 0.05) is 12.7 Å². The van der Waals surface area contributed by atoms with Crippen LogP contribution >= 0.6 is 11.8 Å². The predicted molar refractivity (Wildman–Crippen MR) is 73.8 cm³/mol. The van der Waals surface area contributed by atoms with Crippen molar-refractivity contribution in [1.29, 1.82) is 0 Å². The molecule has 0 radical (unpaired) electrons. The maximum absolute atomic E-state index is 11.6. The van der Waals surface area contributed by atoms with Gasteiger partial charge in [-0.05, 0) is 18.1 Å². The SMILES string of the molecule is CC(C)CNC(=O)CSc1ncc2ccccn12. The standard InChI is InChI=1S/C13H17N3OS/c1-10(2)7-14-12(17)9-18-13-15-8-11-5-3-4-6-16(11)13/h3-6,8,10H,7,9H2,1-2H3,(H,14,17). The molecule has 18 heavy (non-hydrogen) atoms. The van der Waals surface area contributed by atoms with E-state index in [0.29, 0.717) is 11.7 Å². The zero-order valence-electron chi connectivity index (χ0n) is 10.6. The minimum atomic E-state index is 0.0568. The Hall–Kier alpha value is -1.49. The van der Waals surface area contributed by atoms with Crippen molar-refractivity contribution in [3.05, 3.63) is 30.6 Å². The first-order chi connectivity index (χ1) is 8.66. The highest BCUT2D eigenvalue weighted by Crippen LogP contribution is 2.17. The summed E-state index contributed by atoms with van der Waals surface area (Å²) in [5.74, 6) is 0.938. The van der Waals surface area contributed by atoms with Gasteiger partial charge in [-0.3, -0.25) is 9.20 Å². The summed E-state index contributed by atoms with van der Waals surface area (Å²) in [5, 5.41) is 3.75. The molecule has 2 aromatic rings.